The van der Waals surface area contributed by atoms with Gasteiger partial charge in [-0.25, -0.2) is 4.39 Å². The Morgan fingerprint density at radius 2 is 1.90 bits per heavy atom. The van der Waals surface area contributed by atoms with Crippen LogP contribution in [0.1, 0.15) is 10.4 Å². The molecular formula is C13H7ClFNO4. The van der Waals surface area contributed by atoms with Crippen LogP contribution in [-0.2, 0) is 0 Å². The Morgan fingerprint density at radius 3 is 2.55 bits per heavy atom. The Morgan fingerprint density at radius 1 is 1.20 bits per heavy atom. The van der Waals surface area contributed by atoms with Crippen LogP contribution in [0.2, 0.25) is 5.02 Å². The summed E-state index contributed by atoms with van der Waals surface area (Å²) in [5, 5.41) is 11.2. The normalized spacial score (nSPS) is 10.1. The average Bonchev–Trinajstić information content (AvgIpc) is 2.42. The Kier molecular flexibility index (Phi) is 3.95. The maximum absolute atomic E-state index is 13.0. The van der Waals surface area contributed by atoms with Gasteiger partial charge in [0.1, 0.15) is 11.6 Å². The molecule has 5 nitrogen and oxygen atoms in total. The highest BCUT2D eigenvalue weighted by atomic mass is 35.5. The summed E-state index contributed by atoms with van der Waals surface area (Å²) in [5.41, 5.74) is -0.395. The fraction of sp³-hybridized carbons (Fsp3) is 0. The summed E-state index contributed by atoms with van der Waals surface area (Å²) in [6.07, 6.45) is 0.510. The quantitative estimate of drug-likeness (QED) is 0.486. The molecule has 0 aliphatic rings. The number of carbonyl (C=O) groups excluding carboxylic acids is 1. The van der Waals surface area contributed by atoms with Crippen LogP contribution in [0.4, 0.5) is 10.1 Å². The molecule has 2 rings (SSSR count). The summed E-state index contributed by atoms with van der Waals surface area (Å²) in [5.74, 6) is -0.823. The van der Waals surface area contributed by atoms with Gasteiger partial charge in [0, 0.05) is 5.02 Å². The van der Waals surface area contributed by atoms with E-state index in [1.54, 1.807) is 0 Å². The van der Waals surface area contributed by atoms with E-state index in [1.807, 2.05) is 0 Å². The number of hydrogen-bond donors (Lipinski definition) is 0. The van der Waals surface area contributed by atoms with Gasteiger partial charge in [0.15, 0.2) is 6.29 Å². The van der Waals surface area contributed by atoms with Crippen molar-refractivity contribution in [3.63, 3.8) is 0 Å². The van der Waals surface area contributed by atoms with Gasteiger partial charge in [-0.05, 0) is 30.3 Å². The second-order valence-electron chi connectivity index (χ2n) is 3.77. The second kappa shape index (κ2) is 5.66. The monoisotopic (exact) mass is 295 g/mol. The molecule has 0 heterocycles. The lowest BCUT2D eigenvalue weighted by atomic mass is 10.2. The molecule has 102 valence electrons. The van der Waals surface area contributed by atoms with Crippen LogP contribution in [0.5, 0.6) is 11.5 Å². The van der Waals surface area contributed by atoms with Gasteiger partial charge in [-0.15, -0.1) is 0 Å². The van der Waals surface area contributed by atoms with Crippen molar-refractivity contribution >= 4 is 23.6 Å². The first-order chi connectivity index (χ1) is 9.51. The average molecular weight is 296 g/mol. The van der Waals surface area contributed by atoms with Crippen LogP contribution in [0, 0.1) is 15.9 Å². The van der Waals surface area contributed by atoms with Gasteiger partial charge in [-0.2, -0.15) is 0 Å². The van der Waals surface area contributed by atoms with Crippen LogP contribution in [0.25, 0.3) is 0 Å². The number of rotatable bonds is 4. The van der Waals surface area contributed by atoms with Crippen LogP contribution >= 0.6 is 11.6 Å². The maximum Gasteiger partial charge on any atom is 0.314 e. The van der Waals surface area contributed by atoms with E-state index in [0.717, 1.165) is 18.2 Å². The van der Waals surface area contributed by atoms with Crippen molar-refractivity contribution in [1.29, 1.82) is 0 Å². The third-order valence-electron chi connectivity index (χ3n) is 2.44. The highest BCUT2D eigenvalue weighted by Gasteiger charge is 2.18. The summed E-state index contributed by atoms with van der Waals surface area (Å²) in [6, 6.07) is 7.12. The molecule has 0 aliphatic carbocycles. The van der Waals surface area contributed by atoms with Gasteiger partial charge in [0.05, 0.1) is 16.6 Å². The fourth-order valence-electron chi connectivity index (χ4n) is 1.54. The number of nitro benzene ring substituents is 1. The molecule has 2 aromatic rings. The molecule has 2 aromatic carbocycles. The van der Waals surface area contributed by atoms with Gasteiger partial charge in [0.25, 0.3) is 0 Å². The van der Waals surface area contributed by atoms with Gasteiger partial charge < -0.3 is 4.74 Å². The number of ether oxygens (including phenoxy) is 1. The molecule has 0 saturated heterocycles. The number of nitro groups is 1. The molecular weight excluding hydrogens is 289 g/mol. The minimum atomic E-state index is -0.769. The van der Waals surface area contributed by atoms with Crippen molar-refractivity contribution in [3.8, 4) is 11.5 Å². The third-order valence-corrected chi connectivity index (χ3v) is 2.67. The molecule has 0 bridgehead atoms. The fourth-order valence-corrected chi connectivity index (χ4v) is 1.72. The van der Waals surface area contributed by atoms with E-state index in [4.69, 9.17) is 16.3 Å². The van der Waals surface area contributed by atoms with Crippen LogP contribution in [0.3, 0.4) is 0 Å². The van der Waals surface area contributed by atoms with Crippen LogP contribution in [-0.4, -0.2) is 11.2 Å². The first kappa shape index (κ1) is 14.0. The van der Waals surface area contributed by atoms with Crippen molar-refractivity contribution in [2.24, 2.45) is 0 Å². The predicted octanol–water partition coefficient (Wildman–Crippen LogP) is 3.99. The van der Waals surface area contributed by atoms with Crippen molar-refractivity contribution < 1.29 is 18.8 Å². The highest BCUT2D eigenvalue weighted by Crippen LogP contribution is 2.33. The van der Waals surface area contributed by atoms with Crippen molar-refractivity contribution in [2.75, 3.05) is 0 Å². The summed E-state index contributed by atoms with van der Waals surface area (Å²) >= 11 is 5.73. The van der Waals surface area contributed by atoms with Gasteiger partial charge in [-0.3, -0.25) is 14.9 Å². The van der Waals surface area contributed by atoms with Crippen LogP contribution in [0.15, 0.2) is 36.4 Å². The lowest BCUT2D eigenvalue weighted by molar-refractivity contribution is -0.385. The lowest BCUT2D eigenvalue weighted by Gasteiger charge is -2.08. The zero-order valence-corrected chi connectivity index (χ0v) is 10.6. The van der Waals surface area contributed by atoms with E-state index in [2.05, 4.69) is 0 Å². The van der Waals surface area contributed by atoms with E-state index in [-0.39, 0.29) is 17.1 Å². The van der Waals surface area contributed by atoms with Gasteiger partial charge in [0.2, 0.25) is 5.75 Å². The standard InChI is InChI=1S/C13H7ClFNO4/c14-9-1-3-12(8(5-9)7-17)20-13-4-2-10(15)6-11(13)16(18)19/h1-7H. The number of halogens is 2. The number of aldehydes is 1. The minimum absolute atomic E-state index is 0.0964. The SMILES string of the molecule is O=Cc1cc(Cl)ccc1Oc1ccc(F)cc1[N+](=O)[O-]. The molecule has 0 amide bonds. The maximum atomic E-state index is 13.0. The topological polar surface area (TPSA) is 69.4 Å². The van der Waals surface area contributed by atoms with E-state index in [9.17, 15) is 19.3 Å². The zero-order valence-electron chi connectivity index (χ0n) is 9.88. The first-order valence-corrected chi connectivity index (χ1v) is 5.75. The van der Waals surface area contributed by atoms with E-state index >= 15 is 0 Å². The van der Waals surface area contributed by atoms with Gasteiger partial charge >= 0.3 is 5.69 Å². The Hall–Kier alpha value is -2.47. The third kappa shape index (κ3) is 2.92. The van der Waals surface area contributed by atoms with Crippen LogP contribution < -0.4 is 4.74 Å². The molecule has 0 fully saturated rings. The molecule has 0 N–H and O–H groups in total. The van der Waals surface area contributed by atoms with Crippen molar-refractivity contribution in [3.05, 3.63) is 62.9 Å². The summed E-state index contributed by atoms with van der Waals surface area (Å²) in [7, 11) is 0. The van der Waals surface area contributed by atoms with E-state index in [0.29, 0.717) is 11.3 Å². The number of nitrogens with zero attached hydrogens (tertiary/aromatic N) is 1. The van der Waals surface area contributed by atoms with Crippen molar-refractivity contribution in [2.45, 2.75) is 0 Å². The molecule has 0 spiro atoms. The molecule has 20 heavy (non-hydrogen) atoms. The zero-order chi connectivity index (χ0) is 14.7. The predicted molar refractivity (Wildman–Crippen MR) is 70.0 cm³/mol. The number of carbonyl (C=O) groups is 1. The van der Waals surface area contributed by atoms with Crippen molar-refractivity contribution in [1.82, 2.24) is 0 Å². The molecule has 0 aromatic heterocycles. The molecule has 0 unspecified atom stereocenters. The molecule has 0 radical (unpaired) electrons. The molecule has 0 atom stereocenters. The number of benzene rings is 2. The largest absolute Gasteiger partial charge is 0.449 e. The molecule has 7 heteroatoms. The molecule has 0 saturated carbocycles. The molecule has 0 aliphatic heterocycles. The summed E-state index contributed by atoms with van der Waals surface area (Å²) in [4.78, 5) is 21.0. The smallest absolute Gasteiger partial charge is 0.314 e. The second-order valence-corrected chi connectivity index (χ2v) is 4.21. The lowest BCUT2D eigenvalue weighted by Crippen LogP contribution is -1.96. The summed E-state index contributed by atoms with van der Waals surface area (Å²) in [6.45, 7) is 0. The Bertz CT molecular complexity index is 690. The van der Waals surface area contributed by atoms with Gasteiger partial charge in [-0.1, -0.05) is 11.6 Å². The first-order valence-electron chi connectivity index (χ1n) is 5.38. The van der Waals surface area contributed by atoms with E-state index in [1.165, 1.54) is 18.2 Å². The summed E-state index contributed by atoms with van der Waals surface area (Å²) < 4.78 is 18.3. The minimum Gasteiger partial charge on any atom is -0.449 e. The Balaban J connectivity index is 2.45. The number of hydrogen-bond acceptors (Lipinski definition) is 4. The Labute approximate surface area is 117 Å². The highest BCUT2D eigenvalue weighted by molar-refractivity contribution is 6.30. The van der Waals surface area contributed by atoms with E-state index < -0.39 is 16.4 Å².